The second-order valence-electron chi connectivity index (χ2n) is 5.20. The predicted molar refractivity (Wildman–Crippen MR) is 69.0 cm³/mol. The number of carboxylic acid groups (broad SMARTS) is 1. The molecule has 1 aromatic carbocycles. The summed E-state index contributed by atoms with van der Waals surface area (Å²) in [5.74, 6) is -4.92. The number of halogens is 2. The molecule has 2 rings (SSSR count). The van der Waals surface area contributed by atoms with E-state index in [9.17, 15) is 23.5 Å². The van der Waals surface area contributed by atoms with E-state index >= 15 is 0 Å². The van der Waals surface area contributed by atoms with Crippen LogP contribution in [0.3, 0.4) is 0 Å². The molecule has 0 saturated carbocycles. The van der Waals surface area contributed by atoms with E-state index in [1.807, 2.05) is 0 Å². The Bertz CT molecular complexity index is 591. The topological polar surface area (TPSA) is 77.8 Å². The number of likely N-dealkylation sites (tertiary alicyclic amines) is 1. The lowest BCUT2D eigenvalue weighted by molar-refractivity contribution is 0.0294. The number of benzene rings is 1. The maximum Gasteiger partial charge on any atom is 0.336 e. The molecule has 2 atom stereocenters. The molecule has 2 N–H and O–H groups in total. The van der Waals surface area contributed by atoms with Crippen LogP contribution in [0.4, 0.5) is 8.78 Å². The first-order valence-corrected chi connectivity index (χ1v) is 6.51. The van der Waals surface area contributed by atoms with Crippen LogP contribution in [0, 0.1) is 17.6 Å². The van der Waals surface area contributed by atoms with Crippen LogP contribution in [-0.2, 0) is 0 Å². The van der Waals surface area contributed by atoms with Gasteiger partial charge in [-0.2, -0.15) is 0 Å². The molecule has 5 nitrogen and oxygen atoms in total. The number of hydrogen-bond donors (Lipinski definition) is 2. The summed E-state index contributed by atoms with van der Waals surface area (Å²) in [7, 11) is 0. The van der Waals surface area contributed by atoms with Crippen LogP contribution in [-0.4, -0.2) is 46.2 Å². The molecule has 0 aromatic heterocycles. The third kappa shape index (κ3) is 3.02. The molecular formula is C14H15F2NO4. The first kappa shape index (κ1) is 15.4. The van der Waals surface area contributed by atoms with Gasteiger partial charge in [-0.1, -0.05) is 6.92 Å². The van der Waals surface area contributed by atoms with Crippen LogP contribution in [0.25, 0.3) is 0 Å². The number of nitrogens with zero attached hydrogens (tertiary/aromatic N) is 1. The fourth-order valence-electron chi connectivity index (χ4n) is 2.39. The van der Waals surface area contributed by atoms with Crippen molar-refractivity contribution in [3.8, 4) is 0 Å². The van der Waals surface area contributed by atoms with Crippen molar-refractivity contribution in [2.75, 3.05) is 13.1 Å². The highest BCUT2D eigenvalue weighted by Crippen LogP contribution is 2.22. The van der Waals surface area contributed by atoms with Gasteiger partial charge in [0.2, 0.25) is 0 Å². The van der Waals surface area contributed by atoms with Gasteiger partial charge in [-0.25, -0.2) is 13.6 Å². The van der Waals surface area contributed by atoms with E-state index in [0.717, 1.165) is 0 Å². The first-order chi connectivity index (χ1) is 9.81. The molecule has 1 aliphatic heterocycles. The third-order valence-electron chi connectivity index (χ3n) is 3.67. The van der Waals surface area contributed by atoms with Crippen molar-refractivity contribution in [3.63, 3.8) is 0 Å². The van der Waals surface area contributed by atoms with Gasteiger partial charge >= 0.3 is 5.97 Å². The molecule has 1 aliphatic rings. The van der Waals surface area contributed by atoms with E-state index in [2.05, 4.69) is 0 Å². The van der Waals surface area contributed by atoms with Gasteiger partial charge in [0.25, 0.3) is 5.91 Å². The standard InChI is InChI=1S/C14H15F2NO4/c1-7-6-17(3-2-12(7)18)13(19)8-4-10(15)11(16)5-9(8)14(20)21/h4-5,7,12,18H,2-3,6H2,1H3,(H,20,21). The number of hydrogen-bond acceptors (Lipinski definition) is 3. The van der Waals surface area contributed by atoms with Gasteiger partial charge in [-0.3, -0.25) is 4.79 Å². The SMILES string of the molecule is CC1CN(C(=O)c2cc(F)c(F)cc2C(=O)O)CCC1O. The average Bonchev–Trinajstić information content (AvgIpc) is 2.43. The molecule has 0 radical (unpaired) electrons. The Kier molecular flexibility index (Phi) is 4.22. The maximum absolute atomic E-state index is 13.3. The van der Waals surface area contributed by atoms with Crippen molar-refractivity contribution in [1.29, 1.82) is 0 Å². The van der Waals surface area contributed by atoms with Gasteiger partial charge in [-0.05, 0) is 24.5 Å². The summed E-state index contributed by atoms with van der Waals surface area (Å²) < 4.78 is 26.5. The number of aliphatic hydroxyl groups excluding tert-OH is 1. The number of aliphatic hydroxyl groups is 1. The third-order valence-corrected chi connectivity index (χ3v) is 3.67. The lowest BCUT2D eigenvalue weighted by Crippen LogP contribution is -2.45. The van der Waals surface area contributed by atoms with E-state index in [-0.39, 0.29) is 24.6 Å². The summed E-state index contributed by atoms with van der Waals surface area (Å²) in [6.07, 6.45) is -0.170. The molecule has 2 unspecified atom stereocenters. The predicted octanol–water partition coefficient (Wildman–Crippen LogP) is 1.51. The zero-order valence-corrected chi connectivity index (χ0v) is 11.3. The number of carbonyl (C=O) groups is 2. The minimum Gasteiger partial charge on any atom is -0.478 e. The Labute approximate surface area is 119 Å². The Morgan fingerprint density at radius 1 is 1.24 bits per heavy atom. The Morgan fingerprint density at radius 3 is 2.33 bits per heavy atom. The monoisotopic (exact) mass is 299 g/mol. The molecule has 7 heteroatoms. The van der Waals surface area contributed by atoms with E-state index in [1.54, 1.807) is 6.92 Å². The Balaban J connectivity index is 2.35. The minimum absolute atomic E-state index is 0.165. The van der Waals surface area contributed by atoms with Gasteiger partial charge in [0.05, 0.1) is 17.2 Å². The molecule has 0 spiro atoms. The van der Waals surface area contributed by atoms with Crippen LogP contribution >= 0.6 is 0 Å². The second kappa shape index (κ2) is 5.77. The fraction of sp³-hybridized carbons (Fsp3) is 0.429. The number of carboxylic acids is 1. The highest BCUT2D eigenvalue weighted by atomic mass is 19.2. The molecule has 1 heterocycles. The Morgan fingerprint density at radius 2 is 1.81 bits per heavy atom. The van der Waals surface area contributed by atoms with Crippen LogP contribution < -0.4 is 0 Å². The van der Waals surface area contributed by atoms with Gasteiger partial charge < -0.3 is 15.1 Å². The zero-order chi connectivity index (χ0) is 15.7. The molecule has 1 saturated heterocycles. The quantitative estimate of drug-likeness (QED) is 0.867. The van der Waals surface area contributed by atoms with Gasteiger partial charge in [0.1, 0.15) is 0 Å². The van der Waals surface area contributed by atoms with Crippen LogP contribution in [0.1, 0.15) is 34.1 Å². The lowest BCUT2D eigenvalue weighted by Gasteiger charge is -2.34. The molecular weight excluding hydrogens is 284 g/mol. The van der Waals surface area contributed by atoms with Crippen molar-refractivity contribution in [3.05, 3.63) is 34.9 Å². The van der Waals surface area contributed by atoms with Gasteiger partial charge in [-0.15, -0.1) is 0 Å². The fourth-order valence-corrected chi connectivity index (χ4v) is 2.39. The summed E-state index contributed by atoms with van der Waals surface area (Å²) in [6.45, 7) is 2.23. The van der Waals surface area contributed by atoms with E-state index < -0.39 is 35.2 Å². The number of amides is 1. The molecule has 21 heavy (non-hydrogen) atoms. The number of carbonyl (C=O) groups excluding carboxylic acids is 1. The maximum atomic E-state index is 13.3. The lowest BCUT2D eigenvalue weighted by atomic mass is 9.95. The molecule has 1 aromatic rings. The molecule has 1 fully saturated rings. The Hall–Kier alpha value is -2.02. The van der Waals surface area contributed by atoms with Gasteiger partial charge in [0, 0.05) is 13.1 Å². The summed E-state index contributed by atoms with van der Waals surface area (Å²) >= 11 is 0. The van der Waals surface area contributed by atoms with E-state index in [1.165, 1.54) is 4.90 Å². The summed E-state index contributed by atoms with van der Waals surface area (Å²) in [5, 5.41) is 18.7. The van der Waals surface area contributed by atoms with E-state index in [0.29, 0.717) is 18.6 Å². The second-order valence-corrected chi connectivity index (χ2v) is 5.20. The normalized spacial score (nSPS) is 22.2. The zero-order valence-electron chi connectivity index (χ0n) is 11.3. The van der Waals surface area contributed by atoms with E-state index in [4.69, 9.17) is 5.11 Å². The number of aromatic carboxylic acids is 1. The van der Waals surface area contributed by atoms with Crippen molar-refractivity contribution < 1.29 is 28.6 Å². The summed E-state index contributed by atoms with van der Waals surface area (Å²) in [5.41, 5.74) is -0.956. The molecule has 0 bridgehead atoms. The van der Waals surface area contributed by atoms with Crippen molar-refractivity contribution in [1.82, 2.24) is 4.90 Å². The molecule has 114 valence electrons. The van der Waals surface area contributed by atoms with Crippen molar-refractivity contribution in [2.24, 2.45) is 5.92 Å². The van der Waals surface area contributed by atoms with Gasteiger partial charge in [0.15, 0.2) is 11.6 Å². The average molecular weight is 299 g/mol. The van der Waals surface area contributed by atoms with Crippen LogP contribution in [0.2, 0.25) is 0 Å². The summed E-state index contributed by atoms with van der Waals surface area (Å²) in [4.78, 5) is 24.8. The largest absolute Gasteiger partial charge is 0.478 e. The smallest absolute Gasteiger partial charge is 0.336 e. The van der Waals surface area contributed by atoms with Crippen LogP contribution in [0.5, 0.6) is 0 Å². The summed E-state index contributed by atoms with van der Waals surface area (Å²) in [6, 6.07) is 1.12. The van der Waals surface area contributed by atoms with Crippen molar-refractivity contribution in [2.45, 2.75) is 19.4 Å². The number of rotatable bonds is 2. The number of piperidine rings is 1. The van der Waals surface area contributed by atoms with Crippen LogP contribution in [0.15, 0.2) is 12.1 Å². The highest BCUT2D eigenvalue weighted by Gasteiger charge is 2.30. The highest BCUT2D eigenvalue weighted by molar-refractivity contribution is 6.04. The molecule has 0 aliphatic carbocycles. The first-order valence-electron chi connectivity index (χ1n) is 6.51. The van der Waals surface area contributed by atoms with Crippen molar-refractivity contribution >= 4 is 11.9 Å². The molecule has 1 amide bonds. The minimum atomic E-state index is -1.50.